The number of benzene rings is 4. The molecule has 2 heterocycles. The van der Waals surface area contributed by atoms with Gasteiger partial charge in [-0.2, -0.15) is 0 Å². The molecule has 0 atom stereocenters. The number of esters is 1. The molecule has 0 bridgehead atoms. The van der Waals surface area contributed by atoms with E-state index in [-0.39, 0.29) is 29.6 Å². The SMILES string of the molecule is N=C(N)N(Cc1ccccc1)Nc1cccc2c1C(=O)OC21c2ccc(O)cc2Oc2cc(O)ccc21. The molecule has 6 rings (SSSR count). The Balaban J connectivity index is 1.50. The highest BCUT2D eigenvalue weighted by Crippen LogP contribution is 2.57. The van der Waals surface area contributed by atoms with Crippen molar-refractivity contribution in [3.63, 3.8) is 0 Å². The third-order valence-electron chi connectivity index (χ3n) is 6.53. The Morgan fingerprint density at radius 2 is 1.54 bits per heavy atom. The highest BCUT2D eigenvalue weighted by molar-refractivity contribution is 6.02. The van der Waals surface area contributed by atoms with Crippen molar-refractivity contribution >= 4 is 17.6 Å². The fraction of sp³-hybridized carbons (Fsp3) is 0.0714. The molecule has 0 fully saturated rings. The van der Waals surface area contributed by atoms with E-state index in [9.17, 15) is 15.0 Å². The Morgan fingerprint density at radius 1 is 0.892 bits per heavy atom. The summed E-state index contributed by atoms with van der Waals surface area (Å²) in [6, 6.07) is 24.0. The minimum absolute atomic E-state index is 0.0181. The number of phenolic OH excluding ortho intramolecular Hbond substituents is 2. The molecule has 184 valence electrons. The van der Waals surface area contributed by atoms with E-state index in [1.807, 2.05) is 30.3 Å². The summed E-state index contributed by atoms with van der Waals surface area (Å²) in [6.07, 6.45) is 0. The normalized spacial score (nSPS) is 14.1. The number of nitrogens with zero attached hydrogens (tertiary/aromatic N) is 1. The maximum absolute atomic E-state index is 13.5. The molecule has 9 nitrogen and oxygen atoms in total. The quantitative estimate of drug-likeness (QED) is 0.122. The van der Waals surface area contributed by atoms with Crippen molar-refractivity contribution in [2.45, 2.75) is 12.1 Å². The third-order valence-corrected chi connectivity index (χ3v) is 6.53. The first-order valence-electron chi connectivity index (χ1n) is 11.5. The van der Waals surface area contributed by atoms with E-state index in [0.717, 1.165) is 5.56 Å². The molecule has 0 radical (unpaired) electrons. The van der Waals surface area contributed by atoms with E-state index in [2.05, 4.69) is 5.43 Å². The maximum atomic E-state index is 13.5. The van der Waals surface area contributed by atoms with Crippen LogP contribution >= 0.6 is 0 Å². The molecule has 2 aliphatic rings. The monoisotopic (exact) mass is 494 g/mol. The van der Waals surface area contributed by atoms with Gasteiger partial charge in [-0.05, 0) is 35.9 Å². The van der Waals surface area contributed by atoms with Gasteiger partial charge >= 0.3 is 5.97 Å². The Hall–Kier alpha value is -5.18. The fourth-order valence-corrected chi connectivity index (χ4v) is 4.94. The van der Waals surface area contributed by atoms with E-state index in [1.165, 1.54) is 29.3 Å². The van der Waals surface area contributed by atoms with Gasteiger partial charge in [-0.15, -0.1) is 0 Å². The van der Waals surface area contributed by atoms with Gasteiger partial charge in [-0.1, -0.05) is 42.5 Å². The van der Waals surface area contributed by atoms with Crippen LogP contribution in [0.15, 0.2) is 84.9 Å². The van der Waals surface area contributed by atoms with Crippen LogP contribution in [-0.2, 0) is 16.9 Å². The van der Waals surface area contributed by atoms with Gasteiger partial charge in [0.25, 0.3) is 0 Å². The third kappa shape index (κ3) is 3.48. The molecule has 0 saturated heterocycles. The van der Waals surface area contributed by atoms with Gasteiger partial charge in [0, 0.05) is 28.8 Å². The average molecular weight is 495 g/mol. The number of aromatic hydroxyl groups is 2. The van der Waals surface area contributed by atoms with Crippen LogP contribution < -0.4 is 15.9 Å². The summed E-state index contributed by atoms with van der Waals surface area (Å²) < 4.78 is 12.2. The summed E-state index contributed by atoms with van der Waals surface area (Å²) in [5.41, 5.74) is 10.8. The Bertz CT molecular complexity index is 1520. The molecule has 6 N–H and O–H groups in total. The number of carbonyl (C=O) groups is 1. The second-order valence-corrected chi connectivity index (χ2v) is 8.83. The molecular formula is C28H22N4O5. The summed E-state index contributed by atoms with van der Waals surface area (Å²) in [4.78, 5) is 13.5. The van der Waals surface area contributed by atoms with Crippen LogP contribution in [0.5, 0.6) is 23.0 Å². The van der Waals surface area contributed by atoms with Crippen LogP contribution in [0.1, 0.15) is 32.6 Å². The Labute approximate surface area is 211 Å². The number of hydrogen-bond donors (Lipinski definition) is 5. The summed E-state index contributed by atoms with van der Waals surface area (Å²) in [5, 5.41) is 29.7. The number of phenols is 2. The first kappa shape index (κ1) is 22.3. The first-order valence-corrected chi connectivity index (χ1v) is 11.5. The lowest BCUT2D eigenvalue weighted by molar-refractivity contribution is 0.0224. The number of carbonyl (C=O) groups excluding carboxylic acids is 1. The van der Waals surface area contributed by atoms with Gasteiger partial charge in [0.1, 0.15) is 23.0 Å². The van der Waals surface area contributed by atoms with Crippen molar-refractivity contribution in [2.75, 3.05) is 5.43 Å². The van der Waals surface area contributed by atoms with Crippen LogP contribution in [0.3, 0.4) is 0 Å². The predicted octanol–water partition coefficient (Wildman–Crippen LogP) is 4.39. The first-order chi connectivity index (χ1) is 17.9. The summed E-state index contributed by atoms with van der Waals surface area (Å²) in [7, 11) is 0. The number of fused-ring (bicyclic) bond motifs is 6. The minimum atomic E-state index is -1.38. The van der Waals surface area contributed by atoms with Crippen molar-refractivity contribution in [3.05, 3.63) is 113 Å². The smallest absolute Gasteiger partial charge is 0.342 e. The zero-order chi connectivity index (χ0) is 25.7. The van der Waals surface area contributed by atoms with Crippen molar-refractivity contribution < 1.29 is 24.5 Å². The molecule has 37 heavy (non-hydrogen) atoms. The minimum Gasteiger partial charge on any atom is -0.508 e. The highest BCUT2D eigenvalue weighted by atomic mass is 16.6. The van der Waals surface area contributed by atoms with E-state index < -0.39 is 11.6 Å². The summed E-state index contributed by atoms with van der Waals surface area (Å²) in [6.45, 7) is 0.290. The zero-order valence-corrected chi connectivity index (χ0v) is 19.4. The van der Waals surface area contributed by atoms with Crippen molar-refractivity contribution in [1.82, 2.24) is 5.01 Å². The predicted molar refractivity (Wildman–Crippen MR) is 136 cm³/mol. The van der Waals surface area contributed by atoms with E-state index in [4.69, 9.17) is 20.6 Å². The van der Waals surface area contributed by atoms with Gasteiger partial charge in [0.05, 0.1) is 17.8 Å². The number of ether oxygens (including phenoxy) is 2. The number of hydrazine groups is 1. The van der Waals surface area contributed by atoms with Gasteiger partial charge in [0.15, 0.2) is 5.60 Å². The van der Waals surface area contributed by atoms with Crippen LogP contribution in [0, 0.1) is 5.41 Å². The van der Waals surface area contributed by atoms with Crippen LogP contribution in [-0.4, -0.2) is 27.2 Å². The van der Waals surface area contributed by atoms with Crippen LogP contribution in [0.4, 0.5) is 5.69 Å². The molecule has 2 aliphatic heterocycles. The summed E-state index contributed by atoms with van der Waals surface area (Å²) in [5.74, 6) is -0.249. The molecule has 4 aromatic carbocycles. The summed E-state index contributed by atoms with van der Waals surface area (Å²) >= 11 is 0. The van der Waals surface area contributed by atoms with Crippen molar-refractivity contribution in [1.29, 1.82) is 5.41 Å². The fourth-order valence-electron chi connectivity index (χ4n) is 4.94. The number of nitrogens with two attached hydrogens (primary N) is 1. The van der Waals surface area contributed by atoms with Crippen LogP contribution in [0.2, 0.25) is 0 Å². The Morgan fingerprint density at radius 3 is 2.16 bits per heavy atom. The van der Waals surface area contributed by atoms with Gasteiger partial charge in [-0.3, -0.25) is 15.8 Å². The molecule has 1 spiro atoms. The van der Waals surface area contributed by atoms with Crippen molar-refractivity contribution in [3.8, 4) is 23.0 Å². The van der Waals surface area contributed by atoms with E-state index >= 15 is 0 Å². The molecule has 9 heteroatoms. The lowest BCUT2D eigenvalue weighted by Gasteiger charge is -2.36. The van der Waals surface area contributed by atoms with Gasteiger partial charge in [-0.25, -0.2) is 4.79 Å². The number of guanidine groups is 1. The second kappa shape index (κ2) is 8.20. The highest BCUT2D eigenvalue weighted by Gasteiger charge is 2.54. The maximum Gasteiger partial charge on any atom is 0.342 e. The number of anilines is 1. The standard InChI is InChI=1S/C28H22N4O5/c29-27(30)32(15-16-5-2-1-3-6-16)31-22-8-4-7-21-25(22)26(35)37-28(21)19-11-9-17(33)13-23(19)36-24-14-18(34)10-12-20(24)28/h1-14,31,33-34H,15H2,(H3,29,30). The van der Waals surface area contributed by atoms with E-state index in [1.54, 1.807) is 30.3 Å². The lowest BCUT2D eigenvalue weighted by atomic mass is 9.77. The molecule has 0 aliphatic carbocycles. The lowest BCUT2D eigenvalue weighted by Crippen LogP contribution is -2.40. The van der Waals surface area contributed by atoms with Crippen molar-refractivity contribution in [2.24, 2.45) is 5.73 Å². The molecule has 0 amide bonds. The second-order valence-electron chi connectivity index (χ2n) is 8.83. The molecule has 0 saturated carbocycles. The largest absolute Gasteiger partial charge is 0.508 e. The molecule has 0 aromatic heterocycles. The van der Waals surface area contributed by atoms with Gasteiger partial charge in [0.2, 0.25) is 5.96 Å². The zero-order valence-electron chi connectivity index (χ0n) is 19.4. The number of hydrogen-bond acceptors (Lipinski definition) is 7. The number of rotatable bonds is 4. The Kier molecular flexibility index (Phi) is 4.94. The van der Waals surface area contributed by atoms with E-state index in [0.29, 0.717) is 33.9 Å². The van der Waals surface area contributed by atoms with Gasteiger partial charge < -0.3 is 25.4 Å². The van der Waals surface area contributed by atoms with Crippen LogP contribution in [0.25, 0.3) is 0 Å². The molecule has 4 aromatic rings. The topological polar surface area (TPSA) is 141 Å². The molecule has 0 unspecified atom stereocenters. The average Bonchev–Trinajstić information content (AvgIpc) is 3.17. The molecular weight excluding hydrogens is 472 g/mol. The number of nitrogens with one attached hydrogen (secondary N) is 2.